The second kappa shape index (κ2) is 6.89. The molecule has 8 heteroatoms. The average Bonchev–Trinajstić information content (AvgIpc) is 3.14. The Morgan fingerprint density at radius 2 is 2.00 bits per heavy atom. The molecule has 0 atom stereocenters. The third kappa shape index (κ3) is 2.85. The monoisotopic (exact) mass is 394 g/mol. The number of thiophene rings is 1. The van der Waals surface area contributed by atoms with Crippen molar-refractivity contribution in [1.29, 1.82) is 0 Å². The molecule has 1 saturated heterocycles. The lowest BCUT2D eigenvalue weighted by Gasteiger charge is -2.48. The van der Waals surface area contributed by atoms with Crippen molar-refractivity contribution in [1.82, 2.24) is 4.90 Å². The number of halogens is 2. The maximum atomic E-state index is 14.1. The van der Waals surface area contributed by atoms with Crippen molar-refractivity contribution < 1.29 is 9.18 Å². The normalized spacial score (nSPS) is 18.2. The van der Waals surface area contributed by atoms with Crippen LogP contribution in [-0.4, -0.2) is 42.4 Å². The Bertz CT molecular complexity index is 847. The highest BCUT2D eigenvalue weighted by molar-refractivity contribution is 7.12. The van der Waals surface area contributed by atoms with E-state index in [-0.39, 0.29) is 30.0 Å². The first-order valence-corrected chi connectivity index (χ1v) is 9.11. The molecule has 1 fully saturated rings. The van der Waals surface area contributed by atoms with E-state index in [0.29, 0.717) is 31.5 Å². The fraction of sp³-hybridized carbons (Fsp3) is 0.333. The lowest BCUT2D eigenvalue weighted by molar-refractivity contribution is 0.0676. The fourth-order valence-corrected chi connectivity index (χ4v) is 4.39. The second-order valence-electron chi connectivity index (χ2n) is 6.44. The Morgan fingerprint density at radius 3 is 2.65 bits per heavy atom. The summed E-state index contributed by atoms with van der Waals surface area (Å²) in [4.78, 5) is 21.8. The highest BCUT2D eigenvalue weighted by atomic mass is 35.5. The van der Waals surface area contributed by atoms with E-state index < -0.39 is 5.66 Å². The number of likely N-dealkylation sites (tertiary alicyclic amines) is 1. The van der Waals surface area contributed by atoms with Crippen LogP contribution in [-0.2, 0) is 0 Å². The van der Waals surface area contributed by atoms with Gasteiger partial charge in [-0.1, -0.05) is 12.1 Å². The first kappa shape index (κ1) is 18.7. The van der Waals surface area contributed by atoms with Crippen LogP contribution in [0.5, 0.6) is 0 Å². The van der Waals surface area contributed by atoms with Crippen molar-refractivity contribution in [3.05, 3.63) is 52.0 Å². The van der Waals surface area contributed by atoms with Crippen LogP contribution >= 0.6 is 23.7 Å². The zero-order chi connectivity index (χ0) is 17.6. The summed E-state index contributed by atoms with van der Waals surface area (Å²) < 4.78 is 14.1. The van der Waals surface area contributed by atoms with Gasteiger partial charge < -0.3 is 15.5 Å². The maximum absolute atomic E-state index is 14.1. The summed E-state index contributed by atoms with van der Waals surface area (Å²) in [6, 6.07) is 8.68. The van der Waals surface area contributed by atoms with Gasteiger partial charge in [-0.15, -0.1) is 23.7 Å². The molecule has 1 aromatic heterocycles. The first-order chi connectivity index (χ1) is 12.0. The zero-order valence-electron chi connectivity index (χ0n) is 14.3. The van der Waals surface area contributed by atoms with Crippen LogP contribution in [0.3, 0.4) is 0 Å². The number of benzene rings is 1. The summed E-state index contributed by atoms with van der Waals surface area (Å²) in [6.45, 7) is 1.20. The maximum Gasteiger partial charge on any atom is 0.263 e. The van der Waals surface area contributed by atoms with E-state index >= 15 is 0 Å². The molecule has 0 bridgehead atoms. The molecule has 3 heterocycles. The predicted octanol–water partition coefficient (Wildman–Crippen LogP) is 3.10. The van der Waals surface area contributed by atoms with Crippen LogP contribution in [0.25, 0.3) is 0 Å². The van der Waals surface area contributed by atoms with Crippen molar-refractivity contribution in [2.45, 2.75) is 18.5 Å². The number of carbonyl (C=O) groups is 1. The summed E-state index contributed by atoms with van der Waals surface area (Å²) in [7, 11) is 1.92. The summed E-state index contributed by atoms with van der Waals surface area (Å²) in [5.41, 5.74) is 6.70. The molecule has 2 aliphatic rings. The Balaban J connectivity index is 0.00000196. The van der Waals surface area contributed by atoms with Crippen LogP contribution in [0.2, 0.25) is 0 Å². The molecule has 1 aromatic carbocycles. The number of carbonyl (C=O) groups excluding carboxylic acids is 1. The minimum atomic E-state index is -0.517. The molecule has 0 aliphatic carbocycles. The molecule has 4 rings (SSSR count). The second-order valence-corrected chi connectivity index (χ2v) is 7.39. The fourth-order valence-electron chi connectivity index (χ4n) is 3.70. The molecular weight excluding hydrogens is 375 g/mol. The predicted molar refractivity (Wildman–Crippen MR) is 105 cm³/mol. The topological polar surface area (TPSA) is 61.9 Å². The number of nitrogens with zero attached hydrogens (tertiary/aromatic N) is 3. The minimum absolute atomic E-state index is 0. The Hall–Kier alpha value is -2.12. The minimum Gasteiger partial charge on any atom is -0.383 e. The Morgan fingerprint density at radius 1 is 1.27 bits per heavy atom. The number of rotatable bonds is 1. The zero-order valence-corrected chi connectivity index (χ0v) is 15.9. The smallest absolute Gasteiger partial charge is 0.263 e. The SMILES string of the molecule is CN1c2cccc(F)c2C(N)=NC12CCN(C(=O)c1cccs1)CC2.Cl. The van der Waals surface area contributed by atoms with Gasteiger partial charge >= 0.3 is 0 Å². The van der Waals surface area contributed by atoms with E-state index in [1.807, 2.05) is 40.4 Å². The molecule has 2 aliphatic heterocycles. The molecule has 1 spiro atoms. The molecule has 2 aromatic rings. The highest BCUT2D eigenvalue weighted by Crippen LogP contribution is 2.39. The molecular formula is C18H20ClFN4OS. The van der Waals surface area contributed by atoms with Crippen LogP contribution in [0.1, 0.15) is 28.1 Å². The van der Waals surface area contributed by atoms with Crippen LogP contribution in [0.15, 0.2) is 40.7 Å². The van der Waals surface area contributed by atoms with Gasteiger partial charge in [-0.25, -0.2) is 9.38 Å². The van der Waals surface area contributed by atoms with E-state index in [4.69, 9.17) is 5.73 Å². The number of nitrogens with two attached hydrogens (primary N) is 1. The van der Waals surface area contributed by atoms with Gasteiger partial charge in [0.2, 0.25) is 0 Å². The van der Waals surface area contributed by atoms with Gasteiger partial charge in [-0.2, -0.15) is 0 Å². The number of hydrogen-bond acceptors (Lipinski definition) is 5. The molecule has 5 nitrogen and oxygen atoms in total. The van der Waals surface area contributed by atoms with E-state index in [1.54, 1.807) is 6.07 Å². The van der Waals surface area contributed by atoms with Crippen molar-refractivity contribution in [2.24, 2.45) is 10.7 Å². The number of aliphatic imine (C=N–C) groups is 1. The lowest BCUT2D eigenvalue weighted by atomic mass is 9.91. The number of piperidine rings is 1. The summed E-state index contributed by atoms with van der Waals surface area (Å²) >= 11 is 1.45. The number of hydrogen-bond donors (Lipinski definition) is 1. The van der Waals surface area contributed by atoms with Gasteiger partial charge in [0.15, 0.2) is 0 Å². The Labute approximate surface area is 161 Å². The molecule has 138 valence electrons. The lowest BCUT2D eigenvalue weighted by Crippen LogP contribution is -2.57. The molecule has 2 N–H and O–H groups in total. The third-order valence-corrected chi connectivity index (χ3v) is 6.00. The number of amides is 1. The van der Waals surface area contributed by atoms with Gasteiger partial charge in [0.05, 0.1) is 16.1 Å². The van der Waals surface area contributed by atoms with Gasteiger partial charge in [-0.05, 0) is 23.6 Å². The number of amidine groups is 1. The van der Waals surface area contributed by atoms with E-state index in [9.17, 15) is 9.18 Å². The van der Waals surface area contributed by atoms with Gasteiger partial charge in [-0.3, -0.25) is 4.79 Å². The van der Waals surface area contributed by atoms with Crippen molar-refractivity contribution in [2.75, 3.05) is 25.0 Å². The van der Waals surface area contributed by atoms with Gasteiger partial charge in [0.25, 0.3) is 5.91 Å². The van der Waals surface area contributed by atoms with E-state index in [1.165, 1.54) is 17.4 Å². The standard InChI is InChI=1S/C18H19FN4OS.ClH/c1-22-13-5-2-4-12(19)15(13)16(20)21-18(22)7-9-23(10-8-18)17(24)14-6-3-11-25-14;/h2-6,11H,7-10H2,1H3,(H2,20,21);1H. The van der Waals surface area contributed by atoms with Crippen LogP contribution < -0.4 is 10.6 Å². The van der Waals surface area contributed by atoms with Crippen molar-refractivity contribution in [3.8, 4) is 0 Å². The van der Waals surface area contributed by atoms with Crippen molar-refractivity contribution >= 4 is 41.2 Å². The first-order valence-electron chi connectivity index (χ1n) is 8.23. The van der Waals surface area contributed by atoms with Gasteiger partial charge in [0, 0.05) is 33.0 Å². The van der Waals surface area contributed by atoms with E-state index in [0.717, 1.165) is 10.6 Å². The molecule has 0 saturated carbocycles. The largest absolute Gasteiger partial charge is 0.383 e. The number of anilines is 1. The van der Waals surface area contributed by atoms with Gasteiger partial charge in [0.1, 0.15) is 17.3 Å². The quantitative estimate of drug-likeness (QED) is 0.808. The Kier molecular flexibility index (Phi) is 4.94. The summed E-state index contributed by atoms with van der Waals surface area (Å²) in [5.74, 6) is -0.0540. The van der Waals surface area contributed by atoms with Crippen LogP contribution in [0, 0.1) is 5.82 Å². The highest BCUT2D eigenvalue weighted by Gasteiger charge is 2.43. The summed E-state index contributed by atoms with van der Waals surface area (Å²) in [6.07, 6.45) is 1.33. The third-order valence-electron chi connectivity index (χ3n) is 5.15. The van der Waals surface area contributed by atoms with Crippen LogP contribution in [0.4, 0.5) is 10.1 Å². The molecule has 0 unspecified atom stereocenters. The number of fused-ring (bicyclic) bond motifs is 1. The molecule has 0 radical (unpaired) electrons. The summed E-state index contributed by atoms with van der Waals surface area (Å²) in [5, 5.41) is 1.91. The van der Waals surface area contributed by atoms with Crippen molar-refractivity contribution in [3.63, 3.8) is 0 Å². The molecule has 26 heavy (non-hydrogen) atoms. The average molecular weight is 395 g/mol. The molecule has 1 amide bonds. The van der Waals surface area contributed by atoms with E-state index in [2.05, 4.69) is 4.99 Å².